The number of likely N-dealkylation sites (N-methyl/N-ethyl adjacent to an activating group) is 1. The molecule has 5 heteroatoms. The molecule has 5 nitrogen and oxygen atoms in total. The number of benzene rings is 3. The summed E-state index contributed by atoms with van der Waals surface area (Å²) in [5.41, 5.74) is 8.83. The van der Waals surface area contributed by atoms with Crippen molar-refractivity contribution < 1.29 is 8.98 Å². The number of nitrogens with zero attached hydrogens (tertiary/aromatic N) is 4. The molecule has 0 spiro atoms. The fourth-order valence-electron chi connectivity index (χ4n) is 5.43. The van der Waals surface area contributed by atoms with Gasteiger partial charge in [-0.3, -0.25) is 0 Å². The molecule has 6 rings (SSSR count). The highest BCUT2D eigenvalue weighted by Crippen LogP contribution is 2.46. The Hall–Kier alpha value is -4.12. The second kappa shape index (κ2) is 7.70. The van der Waals surface area contributed by atoms with Crippen LogP contribution in [-0.4, -0.2) is 16.6 Å². The molecule has 1 aliphatic heterocycles. The van der Waals surface area contributed by atoms with Crippen LogP contribution in [0.2, 0.25) is 0 Å². The van der Waals surface area contributed by atoms with Crippen LogP contribution in [0, 0.1) is 0 Å². The van der Waals surface area contributed by atoms with E-state index in [-0.39, 0.29) is 5.41 Å². The van der Waals surface area contributed by atoms with Gasteiger partial charge in [0.15, 0.2) is 16.6 Å². The number of rotatable bonds is 3. The number of oxazole rings is 1. The molecule has 0 aliphatic carbocycles. The Bertz CT molecular complexity index is 1630. The second-order valence-electron chi connectivity index (χ2n) is 9.78. The molecule has 0 saturated carbocycles. The minimum absolute atomic E-state index is 0.0364. The van der Waals surface area contributed by atoms with Gasteiger partial charge in [0.05, 0.1) is 14.1 Å². The quantitative estimate of drug-likeness (QED) is 0.303. The number of fused-ring (bicyclic) bond motifs is 3. The highest BCUT2D eigenvalue weighted by molar-refractivity contribution is 5.82. The van der Waals surface area contributed by atoms with Crippen LogP contribution in [0.5, 0.6) is 0 Å². The molecule has 2 aromatic heterocycles. The van der Waals surface area contributed by atoms with E-state index in [1.807, 2.05) is 24.3 Å². The van der Waals surface area contributed by atoms with E-state index < -0.39 is 0 Å². The molecule has 0 atom stereocenters. The van der Waals surface area contributed by atoms with Crippen molar-refractivity contribution in [1.82, 2.24) is 9.55 Å². The molecular formula is C30H29N4O+. The molecule has 0 fully saturated rings. The van der Waals surface area contributed by atoms with Gasteiger partial charge in [0, 0.05) is 41.6 Å². The molecule has 1 aliphatic rings. The van der Waals surface area contributed by atoms with Crippen LogP contribution in [-0.2, 0) is 19.5 Å². The van der Waals surface area contributed by atoms with E-state index in [4.69, 9.17) is 4.42 Å². The fourth-order valence-corrected chi connectivity index (χ4v) is 5.43. The Morgan fingerprint density at radius 2 is 1.74 bits per heavy atom. The lowest BCUT2D eigenvalue weighted by molar-refractivity contribution is -0.647. The van der Waals surface area contributed by atoms with Crippen LogP contribution in [0.1, 0.15) is 25.2 Å². The van der Waals surface area contributed by atoms with Gasteiger partial charge in [-0.15, -0.1) is 0 Å². The lowest BCUT2D eigenvalue weighted by Gasteiger charge is -2.23. The zero-order valence-electron chi connectivity index (χ0n) is 20.8. The minimum atomic E-state index is -0.0364. The van der Waals surface area contributed by atoms with Crippen molar-refractivity contribution in [3.8, 4) is 11.5 Å². The van der Waals surface area contributed by atoms with Gasteiger partial charge in [-0.1, -0.05) is 50.3 Å². The zero-order valence-corrected chi connectivity index (χ0v) is 20.8. The van der Waals surface area contributed by atoms with Gasteiger partial charge in [-0.2, -0.15) is 0 Å². The summed E-state index contributed by atoms with van der Waals surface area (Å²) in [7, 11) is 6.36. The summed E-state index contributed by atoms with van der Waals surface area (Å²) >= 11 is 0. The van der Waals surface area contributed by atoms with Crippen LogP contribution in [0.25, 0.3) is 39.7 Å². The normalized spacial score (nSPS) is 16.3. The number of aromatic nitrogens is 3. The number of imidazole rings is 1. The standard InChI is InChI=1S/C30H29N4O/c1-30(2)21-11-6-8-13-23(21)32(3)27(30)15-10-16-28-33(4)24-18-17-20(19-25(24)34(28)5)29-31-22-12-7-9-14-26(22)35-29/h6-19H,1-5H3/q+1. The van der Waals surface area contributed by atoms with Gasteiger partial charge in [0.2, 0.25) is 5.89 Å². The van der Waals surface area contributed by atoms with Gasteiger partial charge in [-0.05, 0) is 42.0 Å². The number of para-hydroxylation sites is 3. The number of hydrogen-bond donors (Lipinski definition) is 0. The lowest BCUT2D eigenvalue weighted by Crippen LogP contribution is -2.30. The van der Waals surface area contributed by atoms with Crippen LogP contribution in [0.4, 0.5) is 5.69 Å². The van der Waals surface area contributed by atoms with Gasteiger partial charge >= 0.3 is 0 Å². The van der Waals surface area contributed by atoms with Gasteiger partial charge in [0.1, 0.15) is 5.52 Å². The minimum Gasteiger partial charge on any atom is -0.436 e. The van der Waals surface area contributed by atoms with E-state index in [2.05, 4.69) is 115 Å². The smallest absolute Gasteiger partial charge is 0.281 e. The Kier molecular flexibility index (Phi) is 4.71. The van der Waals surface area contributed by atoms with Crippen molar-refractivity contribution in [1.29, 1.82) is 0 Å². The third-order valence-electron chi connectivity index (χ3n) is 7.37. The highest BCUT2D eigenvalue weighted by atomic mass is 16.3. The third kappa shape index (κ3) is 3.22. The summed E-state index contributed by atoms with van der Waals surface area (Å²) in [6.07, 6.45) is 6.58. The van der Waals surface area contributed by atoms with Crippen LogP contribution in [0.3, 0.4) is 0 Å². The first kappa shape index (κ1) is 21.4. The third-order valence-corrected chi connectivity index (χ3v) is 7.37. The molecule has 3 aromatic carbocycles. The molecular weight excluding hydrogens is 432 g/mol. The first-order chi connectivity index (χ1) is 16.9. The van der Waals surface area contributed by atoms with Crippen LogP contribution in [0.15, 0.2) is 89.0 Å². The molecule has 0 bridgehead atoms. The van der Waals surface area contributed by atoms with E-state index in [0.29, 0.717) is 5.89 Å². The summed E-state index contributed by atoms with van der Waals surface area (Å²) in [5, 5.41) is 0. The SMILES string of the molecule is CN1/C(=C\C=C\c2n(C)c3cc(-c4nc5ccccc5o4)ccc3[n+]2C)C(C)(C)c2ccccc21. The first-order valence-corrected chi connectivity index (χ1v) is 11.9. The second-order valence-corrected chi connectivity index (χ2v) is 9.78. The summed E-state index contributed by atoms with van der Waals surface area (Å²) in [6.45, 7) is 4.58. The molecule has 35 heavy (non-hydrogen) atoms. The summed E-state index contributed by atoms with van der Waals surface area (Å²) in [4.78, 5) is 6.97. The monoisotopic (exact) mass is 461 g/mol. The Balaban J connectivity index is 1.37. The predicted octanol–water partition coefficient (Wildman–Crippen LogP) is 6.14. The Morgan fingerprint density at radius 1 is 0.971 bits per heavy atom. The van der Waals surface area contributed by atoms with Gasteiger partial charge in [0.25, 0.3) is 5.82 Å². The van der Waals surface area contributed by atoms with Crippen molar-refractivity contribution in [2.45, 2.75) is 19.3 Å². The molecule has 0 saturated heterocycles. The zero-order chi connectivity index (χ0) is 24.3. The molecule has 0 radical (unpaired) electrons. The Morgan fingerprint density at radius 3 is 2.54 bits per heavy atom. The maximum Gasteiger partial charge on any atom is 0.281 e. The molecule has 0 N–H and O–H groups in total. The van der Waals surface area contributed by atoms with Crippen molar-refractivity contribution >= 4 is 33.9 Å². The van der Waals surface area contributed by atoms with E-state index >= 15 is 0 Å². The number of hydrogen-bond acceptors (Lipinski definition) is 3. The highest BCUT2D eigenvalue weighted by Gasteiger charge is 2.37. The molecule has 0 amide bonds. The first-order valence-electron chi connectivity index (χ1n) is 11.9. The number of allylic oxidation sites excluding steroid dienone is 3. The fraction of sp³-hybridized carbons (Fsp3) is 0.200. The van der Waals surface area contributed by atoms with E-state index in [0.717, 1.165) is 33.5 Å². The topological polar surface area (TPSA) is 38.1 Å². The number of aryl methyl sites for hydroxylation is 2. The lowest BCUT2D eigenvalue weighted by atomic mass is 9.84. The largest absolute Gasteiger partial charge is 0.436 e. The van der Waals surface area contributed by atoms with Crippen molar-refractivity contribution in [3.05, 3.63) is 96.0 Å². The van der Waals surface area contributed by atoms with Crippen LogP contribution >= 0.6 is 0 Å². The van der Waals surface area contributed by atoms with Crippen molar-refractivity contribution in [2.24, 2.45) is 14.1 Å². The van der Waals surface area contributed by atoms with Crippen molar-refractivity contribution in [3.63, 3.8) is 0 Å². The number of anilines is 1. The molecule has 174 valence electrons. The van der Waals surface area contributed by atoms with Gasteiger partial charge < -0.3 is 9.32 Å². The average molecular weight is 462 g/mol. The van der Waals surface area contributed by atoms with E-state index in [1.54, 1.807) is 0 Å². The average Bonchev–Trinajstić information content (AvgIpc) is 3.46. The maximum atomic E-state index is 6.00. The molecule has 3 heterocycles. The van der Waals surface area contributed by atoms with E-state index in [9.17, 15) is 0 Å². The maximum absolute atomic E-state index is 6.00. The molecule has 5 aromatic rings. The predicted molar refractivity (Wildman–Crippen MR) is 142 cm³/mol. The molecule has 0 unspecified atom stereocenters. The van der Waals surface area contributed by atoms with E-state index in [1.165, 1.54) is 16.9 Å². The summed E-state index contributed by atoms with van der Waals surface area (Å²) in [5.74, 6) is 1.76. The summed E-state index contributed by atoms with van der Waals surface area (Å²) in [6, 6.07) is 22.9. The van der Waals surface area contributed by atoms with Crippen LogP contribution < -0.4 is 9.47 Å². The summed E-state index contributed by atoms with van der Waals surface area (Å²) < 4.78 is 10.4. The Labute approximate surface area is 205 Å². The van der Waals surface area contributed by atoms with Gasteiger partial charge in [-0.25, -0.2) is 14.1 Å². The van der Waals surface area contributed by atoms with Crippen molar-refractivity contribution in [2.75, 3.05) is 11.9 Å².